The standard InChI is InChI=1S/C7H13N3O2S/c1-5-9-10-7(12-5)13-4-6(8)2-3-11/h6,11H,2-4,8H2,1H3. The lowest BCUT2D eigenvalue weighted by atomic mass is 10.3. The van der Waals surface area contributed by atoms with E-state index in [1.54, 1.807) is 6.92 Å². The minimum absolute atomic E-state index is 0.0257. The van der Waals surface area contributed by atoms with E-state index < -0.39 is 0 Å². The fraction of sp³-hybridized carbons (Fsp3) is 0.714. The van der Waals surface area contributed by atoms with Crippen LogP contribution in [-0.2, 0) is 0 Å². The van der Waals surface area contributed by atoms with Crippen LogP contribution >= 0.6 is 11.8 Å². The third-order valence-electron chi connectivity index (χ3n) is 1.43. The highest BCUT2D eigenvalue weighted by Crippen LogP contribution is 2.16. The zero-order valence-electron chi connectivity index (χ0n) is 7.43. The summed E-state index contributed by atoms with van der Waals surface area (Å²) in [5.74, 6) is 1.24. The maximum absolute atomic E-state index is 8.60. The Kier molecular flexibility index (Phi) is 4.20. The number of hydrogen-bond acceptors (Lipinski definition) is 6. The van der Waals surface area contributed by atoms with Crippen LogP contribution in [0.3, 0.4) is 0 Å². The zero-order valence-corrected chi connectivity index (χ0v) is 8.25. The number of aliphatic hydroxyl groups excluding tert-OH is 1. The molecule has 74 valence electrons. The molecule has 0 spiro atoms. The predicted octanol–water partition coefficient (Wildman–Crippen LogP) is 0.180. The minimum atomic E-state index is -0.0257. The van der Waals surface area contributed by atoms with Crippen molar-refractivity contribution in [2.75, 3.05) is 12.4 Å². The SMILES string of the molecule is Cc1nnc(SCC(N)CCO)o1. The Bertz CT molecular complexity index is 254. The van der Waals surface area contributed by atoms with Crippen molar-refractivity contribution < 1.29 is 9.52 Å². The van der Waals surface area contributed by atoms with Crippen LogP contribution in [0, 0.1) is 6.92 Å². The summed E-state index contributed by atoms with van der Waals surface area (Å²) in [4.78, 5) is 0. The van der Waals surface area contributed by atoms with Crippen molar-refractivity contribution in [3.63, 3.8) is 0 Å². The molecule has 6 heteroatoms. The average molecular weight is 203 g/mol. The highest BCUT2D eigenvalue weighted by Gasteiger charge is 2.06. The van der Waals surface area contributed by atoms with Gasteiger partial charge in [-0.1, -0.05) is 11.8 Å². The summed E-state index contributed by atoms with van der Waals surface area (Å²) in [6, 6.07) is -0.0257. The predicted molar refractivity (Wildman–Crippen MR) is 49.4 cm³/mol. The molecule has 0 saturated carbocycles. The van der Waals surface area contributed by atoms with Crippen LogP contribution in [0.5, 0.6) is 0 Å². The number of thioether (sulfide) groups is 1. The molecule has 0 aliphatic rings. The molecule has 0 amide bonds. The van der Waals surface area contributed by atoms with Gasteiger partial charge in [0.15, 0.2) is 0 Å². The van der Waals surface area contributed by atoms with E-state index in [2.05, 4.69) is 10.2 Å². The molecule has 1 aromatic rings. The van der Waals surface area contributed by atoms with E-state index in [4.69, 9.17) is 15.3 Å². The van der Waals surface area contributed by atoms with Gasteiger partial charge < -0.3 is 15.3 Å². The number of aryl methyl sites for hydroxylation is 1. The molecule has 13 heavy (non-hydrogen) atoms. The molecular formula is C7H13N3O2S. The number of hydrogen-bond donors (Lipinski definition) is 2. The summed E-state index contributed by atoms with van der Waals surface area (Å²) in [7, 11) is 0. The van der Waals surface area contributed by atoms with Gasteiger partial charge in [-0.25, -0.2) is 0 Å². The fourth-order valence-corrected chi connectivity index (χ4v) is 1.57. The van der Waals surface area contributed by atoms with Gasteiger partial charge in [0.2, 0.25) is 5.89 Å². The number of nitrogens with two attached hydrogens (primary N) is 1. The van der Waals surface area contributed by atoms with Crippen molar-refractivity contribution >= 4 is 11.8 Å². The van der Waals surface area contributed by atoms with Gasteiger partial charge >= 0.3 is 0 Å². The Morgan fingerprint density at radius 2 is 2.38 bits per heavy atom. The highest BCUT2D eigenvalue weighted by atomic mass is 32.2. The Morgan fingerprint density at radius 1 is 1.62 bits per heavy atom. The second kappa shape index (κ2) is 5.21. The first-order valence-corrected chi connectivity index (χ1v) is 5.00. The molecule has 0 saturated heterocycles. The molecule has 0 radical (unpaired) electrons. The molecular weight excluding hydrogens is 190 g/mol. The first-order valence-electron chi connectivity index (χ1n) is 4.01. The lowest BCUT2D eigenvalue weighted by Gasteiger charge is -2.05. The largest absolute Gasteiger partial charge is 0.416 e. The molecule has 1 atom stereocenters. The third-order valence-corrected chi connectivity index (χ3v) is 2.44. The smallest absolute Gasteiger partial charge is 0.276 e. The monoisotopic (exact) mass is 203 g/mol. The van der Waals surface area contributed by atoms with Crippen LogP contribution in [0.1, 0.15) is 12.3 Å². The Labute approximate surface area is 80.7 Å². The van der Waals surface area contributed by atoms with Gasteiger partial charge in [-0.15, -0.1) is 10.2 Å². The summed E-state index contributed by atoms with van der Waals surface area (Å²) in [5.41, 5.74) is 5.67. The number of rotatable bonds is 5. The first kappa shape index (κ1) is 10.5. The Balaban J connectivity index is 2.26. The van der Waals surface area contributed by atoms with Gasteiger partial charge in [0.25, 0.3) is 5.22 Å². The zero-order chi connectivity index (χ0) is 9.68. The second-order valence-corrected chi connectivity index (χ2v) is 3.64. The highest BCUT2D eigenvalue weighted by molar-refractivity contribution is 7.99. The maximum atomic E-state index is 8.60. The van der Waals surface area contributed by atoms with Crippen LogP contribution in [0.4, 0.5) is 0 Å². The van der Waals surface area contributed by atoms with Gasteiger partial charge in [0, 0.05) is 25.3 Å². The molecule has 0 bridgehead atoms. The quantitative estimate of drug-likeness (QED) is 0.664. The third kappa shape index (κ3) is 3.75. The summed E-state index contributed by atoms with van der Waals surface area (Å²) in [6.07, 6.45) is 0.597. The van der Waals surface area contributed by atoms with Crippen molar-refractivity contribution in [1.82, 2.24) is 10.2 Å². The van der Waals surface area contributed by atoms with E-state index in [1.165, 1.54) is 11.8 Å². The van der Waals surface area contributed by atoms with Crippen LogP contribution in [0.25, 0.3) is 0 Å². The average Bonchev–Trinajstić information content (AvgIpc) is 2.49. The van der Waals surface area contributed by atoms with Crippen molar-refractivity contribution in [3.8, 4) is 0 Å². The lowest BCUT2D eigenvalue weighted by Crippen LogP contribution is -2.23. The van der Waals surface area contributed by atoms with E-state index in [9.17, 15) is 0 Å². The Morgan fingerprint density at radius 3 is 2.92 bits per heavy atom. The van der Waals surface area contributed by atoms with Gasteiger partial charge in [-0.3, -0.25) is 0 Å². The molecule has 1 rings (SSSR count). The molecule has 0 aromatic carbocycles. The van der Waals surface area contributed by atoms with Gasteiger partial charge in [-0.05, 0) is 6.42 Å². The topological polar surface area (TPSA) is 85.2 Å². The summed E-state index contributed by atoms with van der Waals surface area (Å²) in [6.45, 7) is 1.86. The second-order valence-electron chi connectivity index (χ2n) is 2.67. The molecule has 1 aromatic heterocycles. The van der Waals surface area contributed by atoms with Crippen molar-refractivity contribution in [2.24, 2.45) is 5.73 Å². The molecule has 0 fully saturated rings. The minimum Gasteiger partial charge on any atom is -0.416 e. The molecule has 1 heterocycles. The molecule has 1 unspecified atom stereocenters. The summed E-state index contributed by atoms with van der Waals surface area (Å²) in [5, 5.41) is 16.6. The van der Waals surface area contributed by atoms with Gasteiger partial charge in [0.1, 0.15) is 0 Å². The van der Waals surface area contributed by atoms with E-state index in [-0.39, 0.29) is 12.6 Å². The molecule has 0 aliphatic heterocycles. The van der Waals surface area contributed by atoms with E-state index >= 15 is 0 Å². The normalized spacial score (nSPS) is 13.2. The maximum Gasteiger partial charge on any atom is 0.276 e. The van der Waals surface area contributed by atoms with Crippen molar-refractivity contribution in [3.05, 3.63) is 5.89 Å². The molecule has 3 N–H and O–H groups in total. The summed E-state index contributed by atoms with van der Waals surface area (Å²) < 4.78 is 5.13. The van der Waals surface area contributed by atoms with E-state index in [0.717, 1.165) is 0 Å². The van der Waals surface area contributed by atoms with E-state index in [0.29, 0.717) is 23.3 Å². The number of aromatic nitrogens is 2. The van der Waals surface area contributed by atoms with Crippen LogP contribution < -0.4 is 5.73 Å². The van der Waals surface area contributed by atoms with Crippen molar-refractivity contribution in [2.45, 2.75) is 24.6 Å². The van der Waals surface area contributed by atoms with Crippen LogP contribution in [0.15, 0.2) is 9.64 Å². The fourth-order valence-electron chi connectivity index (χ4n) is 0.764. The van der Waals surface area contributed by atoms with E-state index in [1.807, 2.05) is 0 Å². The van der Waals surface area contributed by atoms with Crippen LogP contribution in [0.2, 0.25) is 0 Å². The lowest BCUT2D eigenvalue weighted by molar-refractivity contribution is 0.279. The first-order chi connectivity index (χ1) is 6.22. The van der Waals surface area contributed by atoms with Gasteiger partial charge in [0.05, 0.1) is 0 Å². The number of nitrogens with zero attached hydrogens (tertiary/aromatic N) is 2. The van der Waals surface area contributed by atoms with Crippen molar-refractivity contribution in [1.29, 1.82) is 0 Å². The summed E-state index contributed by atoms with van der Waals surface area (Å²) >= 11 is 1.41. The molecule has 0 aliphatic carbocycles. The number of aliphatic hydroxyl groups is 1. The van der Waals surface area contributed by atoms with Crippen LogP contribution in [-0.4, -0.2) is 33.7 Å². The Hall–Kier alpha value is -0.590. The van der Waals surface area contributed by atoms with Gasteiger partial charge in [-0.2, -0.15) is 0 Å². The molecule has 5 nitrogen and oxygen atoms in total.